The van der Waals surface area contributed by atoms with E-state index in [-0.39, 0.29) is 23.6 Å². The molecule has 0 heterocycles. The summed E-state index contributed by atoms with van der Waals surface area (Å²) in [4.78, 5) is 22.4. The van der Waals surface area contributed by atoms with Gasteiger partial charge in [-0.15, -0.1) is 0 Å². The third-order valence-corrected chi connectivity index (χ3v) is 4.64. The second-order valence-corrected chi connectivity index (χ2v) is 7.18. The van der Waals surface area contributed by atoms with E-state index in [4.69, 9.17) is 9.68 Å². The number of hydrogen-bond donors (Lipinski definition) is 1. The summed E-state index contributed by atoms with van der Waals surface area (Å²) in [5.41, 5.74) is 0.766. The second-order valence-electron chi connectivity index (χ2n) is 7.18. The van der Waals surface area contributed by atoms with E-state index in [2.05, 4.69) is 20.4 Å². The molecule has 0 saturated carbocycles. The van der Waals surface area contributed by atoms with Gasteiger partial charge in [-0.1, -0.05) is 40.6 Å². The maximum Gasteiger partial charge on any atom is 0.394 e. The molecule has 34 heavy (non-hydrogen) atoms. The van der Waals surface area contributed by atoms with Crippen molar-refractivity contribution in [2.75, 3.05) is 14.2 Å². The van der Waals surface area contributed by atoms with Crippen LogP contribution in [0, 0.1) is 6.92 Å². The Hall–Kier alpha value is -3.63. The van der Waals surface area contributed by atoms with Crippen LogP contribution in [0.15, 0.2) is 46.7 Å². The van der Waals surface area contributed by atoms with Gasteiger partial charge in [-0.05, 0) is 25.5 Å². The van der Waals surface area contributed by atoms with Crippen molar-refractivity contribution in [1.29, 1.82) is 0 Å². The quantitative estimate of drug-likeness (QED) is 0.294. The number of likely N-dealkylation sites (N-methyl/N-ethyl adjacent to an activating group) is 1. The van der Waals surface area contributed by atoms with E-state index >= 15 is 0 Å². The lowest BCUT2D eigenvalue weighted by molar-refractivity contribution is -0.159. The molecule has 2 aromatic rings. The molecule has 1 amide bonds. The summed E-state index contributed by atoms with van der Waals surface area (Å²) in [5, 5.41) is 10.1. The number of nitrogens with zero attached hydrogens (tertiary/aromatic N) is 2. The summed E-state index contributed by atoms with van der Waals surface area (Å²) >= 11 is 0. The summed E-state index contributed by atoms with van der Waals surface area (Å²) in [6.45, 7) is 3.44. The Labute approximate surface area is 194 Å². The molecule has 0 atom stereocenters. The second kappa shape index (κ2) is 11.5. The summed E-state index contributed by atoms with van der Waals surface area (Å²) in [6.07, 6.45) is -6.55. The Morgan fingerprint density at radius 2 is 1.82 bits per heavy atom. The highest BCUT2D eigenvalue weighted by atomic mass is 19.3. The van der Waals surface area contributed by atoms with Crippen LogP contribution in [-0.4, -0.2) is 37.6 Å². The van der Waals surface area contributed by atoms with Gasteiger partial charge >= 0.3 is 6.11 Å². The van der Waals surface area contributed by atoms with E-state index in [1.165, 1.54) is 27.1 Å². The van der Waals surface area contributed by atoms with Crippen LogP contribution in [0.2, 0.25) is 0 Å². The van der Waals surface area contributed by atoms with E-state index in [0.717, 1.165) is 17.7 Å². The maximum absolute atomic E-state index is 13.6. The van der Waals surface area contributed by atoms with Crippen molar-refractivity contribution < 1.29 is 36.8 Å². The summed E-state index contributed by atoms with van der Waals surface area (Å²) in [7, 11) is 2.73. The van der Waals surface area contributed by atoms with E-state index in [0.29, 0.717) is 18.1 Å². The van der Waals surface area contributed by atoms with Crippen LogP contribution in [0.5, 0.6) is 5.75 Å². The number of amides is 1. The van der Waals surface area contributed by atoms with Gasteiger partial charge in [0.25, 0.3) is 12.3 Å². The summed E-state index contributed by atoms with van der Waals surface area (Å²) in [6, 6.07) is 8.55. The molecular weight excluding hydrogens is 458 g/mol. The largest absolute Gasteiger partial charge is 0.432 e. The highest BCUT2D eigenvalue weighted by molar-refractivity contribution is 6.45. The molecule has 1 N–H and O–H groups in total. The highest BCUT2D eigenvalue weighted by Gasteiger charge is 2.28. The topological polar surface area (TPSA) is 81.5 Å². The van der Waals surface area contributed by atoms with E-state index < -0.39 is 29.8 Å². The van der Waals surface area contributed by atoms with Crippen molar-refractivity contribution in [2.45, 2.75) is 39.9 Å². The molecule has 184 valence electrons. The zero-order valence-electron chi connectivity index (χ0n) is 19.3. The molecule has 0 radical (unpaired) electrons. The molecule has 0 fully saturated rings. The van der Waals surface area contributed by atoms with Gasteiger partial charge in [0.15, 0.2) is 5.71 Å². The fraction of sp³-hybridized carbons (Fsp3) is 0.348. The molecule has 0 aromatic heterocycles. The van der Waals surface area contributed by atoms with Gasteiger partial charge in [-0.25, -0.2) is 8.78 Å². The summed E-state index contributed by atoms with van der Waals surface area (Å²) in [5.74, 6) is -0.956. The first-order chi connectivity index (χ1) is 16.0. The van der Waals surface area contributed by atoms with Gasteiger partial charge in [0.05, 0.1) is 11.3 Å². The first kappa shape index (κ1) is 26.6. The fourth-order valence-corrected chi connectivity index (χ4v) is 3.17. The third-order valence-electron chi connectivity index (χ3n) is 4.64. The SMILES string of the molecule is CNC(=O)/C(=N/OC)c1cccc(C)c1CO/N=C(\C)c1c(OC(C)(F)F)cccc1C(F)F. The number of alkyl halides is 4. The van der Waals surface area contributed by atoms with E-state index in [1.807, 2.05) is 0 Å². The Bertz CT molecular complexity index is 1080. The normalized spacial score (nSPS) is 12.5. The molecule has 0 unspecified atom stereocenters. The van der Waals surface area contributed by atoms with Crippen molar-refractivity contribution >= 4 is 17.3 Å². The lowest BCUT2D eigenvalue weighted by Gasteiger charge is -2.18. The number of carbonyl (C=O) groups excluding carboxylic acids is 1. The van der Waals surface area contributed by atoms with Crippen LogP contribution in [0.25, 0.3) is 0 Å². The van der Waals surface area contributed by atoms with Crippen molar-refractivity contribution in [3.05, 3.63) is 64.2 Å². The minimum absolute atomic E-state index is 0.00286. The average Bonchev–Trinajstić information content (AvgIpc) is 2.76. The Kier molecular flexibility index (Phi) is 8.99. The first-order valence-corrected chi connectivity index (χ1v) is 10.1. The van der Waals surface area contributed by atoms with Crippen LogP contribution in [0.1, 0.15) is 48.1 Å². The van der Waals surface area contributed by atoms with Crippen molar-refractivity contribution in [1.82, 2.24) is 5.32 Å². The van der Waals surface area contributed by atoms with Crippen LogP contribution in [-0.2, 0) is 21.1 Å². The smallest absolute Gasteiger partial charge is 0.394 e. The van der Waals surface area contributed by atoms with E-state index in [1.54, 1.807) is 25.1 Å². The molecule has 0 saturated heterocycles. The predicted octanol–water partition coefficient (Wildman–Crippen LogP) is 4.96. The monoisotopic (exact) mass is 483 g/mol. The molecule has 11 heteroatoms. The summed E-state index contributed by atoms with van der Waals surface area (Å²) < 4.78 is 58.6. The molecule has 2 aromatic carbocycles. The number of carbonyl (C=O) groups is 1. The Balaban J connectivity index is 2.43. The molecule has 0 spiro atoms. The standard InChI is InChI=1S/C23H25F4N3O4/c1-13-8-6-9-15(20(30-32-5)22(31)28-4)17(13)12-33-29-14(2)19-16(21(24)25)10-7-11-18(19)34-23(3,26)27/h6-11,21H,12H2,1-5H3,(H,28,31)/b29-14+,30-20+. The van der Waals surface area contributed by atoms with Crippen LogP contribution < -0.4 is 10.1 Å². The highest BCUT2D eigenvalue weighted by Crippen LogP contribution is 2.33. The number of ether oxygens (including phenoxy) is 1. The number of oxime groups is 2. The molecule has 7 nitrogen and oxygen atoms in total. The zero-order valence-corrected chi connectivity index (χ0v) is 19.3. The average molecular weight is 483 g/mol. The predicted molar refractivity (Wildman–Crippen MR) is 118 cm³/mol. The lowest BCUT2D eigenvalue weighted by Crippen LogP contribution is -2.29. The van der Waals surface area contributed by atoms with Gasteiger partial charge in [0.2, 0.25) is 0 Å². The maximum atomic E-state index is 13.6. The minimum Gasteiger partial charge on any atom is -0.432 e. The molecule has 0 bridgehead atoms. The number of hydrogen-bond acceptors (Lipinski definition) is 6. The first-order valence-electron chi connectivity index (χ1n) is 10.1. The van der Waals surface area contributed by atoms with Crippen molar-refractivity contribution in [3.63, 3.8) is 0 Å². The minimum atomic E-state index is -3.59. The Morgan fingerprint density at radius 3 is 2.41 bits per heavy atom. The van der Waals surface area contributed by atoms with Crippen LogP contribution in [0.3, 0.4) is 0 Å². The third kappa shape index (κ3) is 6.69. The van der Waals surface area contributed by atoms with E-state index in [9.17, 15) is 22.4 Å². The van der Waals surface area contributed by atoms with Crippen molar-refractivity contribution in [2.24, 2.45) is 10.3 Å². The molecule has 0 aliphatic carbocycles. The number of nitrogens with one attached hydrogen (secondary N) is 1. The van der Waals surface area contributed by atoms with Crippen molar-refractivity contribution in [3.8, 4) is 5.75 Å². The number of rotatable bonds is 10. The van der Waals surface area contributed by atoms with Crippen LogP contribution in [0.4, 0.5) is 17.6 Å². The van der Waals surface area contributed by atoms with Gasteiger partial charge in [0, 0.05) is 30.7 Å². The molecule has 2 rings (SSSR count). The van der Waals surface area contributed by atoms with Gasteiger partial charge in [-0.2, -0.15) is 8.78 Å². The fourth-order valence-electron chi connectivity index (χ4n) is 3.17. The molecular formula is C23H25F4N3O4. The number of benzene rings is 2. The number of aryl methyl sites for hydroxylation is 1. The lowest BCUT2D eigenvalue weighted by atomic mass is 9.98. The van der Waals surface area contributed by atoms with Gasteiger partial charge < -0.3 is 19.7 Å². The Morgan fingerprint density at radius 1 is 1.15 bits per heavy atom. The zero-order chi connectivity index (χ0) is 25.5. The van der Waals surface area contributed by atoms with Crippen LogP contribution >= 0.6 is 0 Å². The number of halogens is 4. The van der Waals surface area contributed by atoms with Gasteiger partial charge in [-0.3, -0.25) is 4.79 Å². The van der Waals surface area contributed by atoms with Gasteiger partial charge in [0.1, 0.15) is 19.5 Å². The molecule has 0 aliphatic heterocycles. The molecule has 0 aliphatic rings.